The first-order valence-corrected chi connectivity index (χ1v) is 8.93. The van der Waals surface area contributed by atoms with E-state index in [-0.39, 0.29) is 11.1 Å². The van der Waals surface area contributed by atoms with Crippen LogP contribution in [0.4, 0.5) is 0 Å². The van der Waals surface area contributed by atoms with Crippen molar-refractivity contribution < 1.29 is 4.74 Å². The summed E-state index contributed by atoms with van der Waals surface area (Å²) < 4.78 is 5.93. The number of guanidine groups is 1. The summed E-state index contributed by atoms with van der Waals surface area (Å²) in [7, 11) is 0. The van der Waals surface area contributed by atoms with Crippen molar-refractivity contribution in [2.24, 2.45) is 4.99 Å². The van der Waals surface area contributed by atoms with Crippen LogP contribution in [0.2, 0.25) is 0 Å². The summed E-state index contributed by atoms with van der Waals surface area (Å²) in [5, 5.41) is 7.03. The molecule has 2 aliphatic heterocycles. The van der Waals surface area contributed by atoms with Crippen LogP contribution in [-0.2, 0) is 4.74 Å². The van der Waals surface area contributed by atoms with E-state index in [1.807, 2.05) is 0 Å². The Morgan fingerprint density at radius 3 is 2.73 bits per heavy atom. The molecule has 22 heavy (non-hydrogen) atoms. The van der Waals surface area contributed by atoms with Crippen LogP contribution in [0.1, 0.15) is 52.9 Å². The van der Waals surface area contributed by atoms with Gasteiger partial charge in [0.25, 0.3) is 0 Å². The predicted molar refractivity (Wildman–Crippen MR) is 90.3 cm³/mol. The van der Waals surface area contributed by atoms with Crippen LogP contribution >= 0.6 is 0 Å². The van der Waals surface area contributed by atoms with Gasteiger partial charge in [0, 0.05) is 31.2 Å². The molecule has 2 fully saturated rings. The molecule has 0 spiro atoms. The molecule has 0 aromatic carbocycles. The van der Waals surface area contributed by atoms with Crippen molar-refractivity contribution >= 4 is 5.96 Å². The number of nitrogens with one attached hydrogen (secondary N) is 2. The minimum absolute atomic E-state index is 0.0274. The summed E-state index contributed by atoms with van der Waals surface area (Å²) in [6.07, 6.45) is 6.65. The maximum atomic E-state index is 5.93. The lowest BCUT2D eigenvalue weighted by molar-refractivity contribution is -0.122. The molecule has 1 aliphatic carbocycles. The smallest absolute Gasteiger partial charge is 0.191 e. The molecule has 126 valence electrons. The van der Waals surface area contributed by atoms with E-state index in [0.717, 1.165) is 38.7 Å². The lowest BCUT2D eigenvalue weighted by Crippen LogP contribution is -2.63. The largest absolute Gasteiger partial charge is 0.373 e. The Bertz CT molecular complexity index is 415. The molecule has 1 saturated carbocycles. The molecule has 1 atom stereocenters. The molecule has 0 aromatic rings. The van der Waals surface area contributed by atoms with E-state index in [2.05, 4.69) is 41.3 Å². The molecule has 5 heteroatoms. The molecule has 2 heterocycles. The average molecular weight is 308 g/mol. The van der Waals surface area contributed by atoms with Crippen LogP contribution in [0, 0.1) is 0 Å². The van der Waals surface area contributed by atoms with Crippen molar-refractivity contribution in [3.8, 4) is 0 Å². The standard InChI is InChI=1S/C17H32N4O/c1-14-11-18-15(20-14)19-12-17(7-5-4-6-8-17)21-9-10-22-16(2,3)13-21/h14H,4-13H2,1-3H3,(H2,18,19,20). The monoisotopic (exact) mass is 308 g/mol. The van der Waals surface area contributed by atoms with Crippen LogP contribution in [-0.4, -0.2) is 60.8 Å². The quantitative estimate of drug-likeness (QED) is 0.834. The second kappa shape index (κ2) is 6.36. The molecular weight excluding hydrogens is 276 g/mol. The summed E-state index contributed by atoms with van der Waals surface area (Å²) in [6.45, 7) is 11.4. The zero-order valence-electron chi connectivity index (χ0n) is 14.5. The van der Waals surface area contributed by atoms with Gasteiger partial charge in [0.05, 0.1) is 18.8 Å². The number of morpholine rings is 1. The van der Waals surface area contributed by atoms with Gasteiger partial charge in [-0.2, -0.15) is 0 Å². The van der Waals surface area contributed by atoms with Gasteiger partial charge in [-0.3, -0.25) is 9.89 Å². The van der Waals surface area contributed by atoms with E-state index in [4.69, 9.17) is 4.74 Å². The lowest BCUT2D eigenvalue weighted by atomic mass is 9.79. The van der Waals surface area contributed by atoms with Crippen LogP contribution in [0.5, 0.6) is 0 Å². The molecule has 1 unspecified atom stereocenters. The van der Waals surface area contributed by atoms with Gasteiger partial charge < -0.3 is 15.4 Å². The van der Waals surface area contributed by atoms with E-state index >= 15 is 0 Å². The third kappa shape index (κ3) is 3.57. The van der Waals surface area contributed by atoms with Gasteiger partial charge in [0.15, 0.2) is 5.96 Å². The minimum atomic E-state index is -0.0274. The van der Waals surface area contributed by atoms with Crippen molar-refractivity contribution in [3.05, 3.63) is 0 Å². The SMILES string of the molecule is CC1CN=C(NCC2(N3CCOC(C)(C)C3)CCCCC2)N1. The number of hydrogen-bond acceptors (Lipinski definition) is 5. The second-order valence-electron chi connectivity index (χ2n) is 7.90. The van der Waals surface area contributed by atoms with E-state index in [0.29, 0.717) is 6.04 Å². The third-order valence-electron chi connectivity index (χ3n) is 5.37. The number of aliphatic imine (C=N–C) groups is 1. The van der Waals surface area contributed by atoms with Crippen molar-refractivity contribution in [2.45, 2.75) is 70.1 Å². The molecule has 1 saturated heterocycles. The van der Waals surface area contributed by atoms with Gasteiger partial charge in [0.2, 0.25) is 0 Å². The van der Waals surface area contributed by atoms with Crippen molar-refractivity contribution in [1.82, 2.24) is 15.5 Å². The fourth-order valence-corrected chi connectivity index (χ4v) is 4.14. The topological polar surface area (TPSA) is 48.9 Å². The first-order valence-electron chi connectivity index (χ1n) is 8.93. The number of hydrogen-bond donors (Lipinski definition) is 2. The molecule has 2 N–H and O–H groups in total. The Hall–Kier alpha value is -0.810. The van der Waals surface area contributed by atoms with Gasteiger partial charge in [0.1, 0.15) is 0 Å². The van der Waals surface area contributed by atoms with Crippen LogP contribution in [0.3, 0.4) is 0 Å². The number of ether oxygens (including phenoxy) is 1. The fourth-order valence-electron chi connectivity index (χ4n) is 4.14. The zero-order chi connectivity index (χ0) is 15.6. The first kappa shape index (κ1) is 16.1. The van der Waals surface area contributed by atoms with E-state index in [1.165, 1.54) is 32.1 Å². The van der Waals surface area contributed by atoms with Crippen LogP contribution in [0.25, 0.3) is 0 Å². The Morgan fingerprint density at radius 2 is 2.09 bits per heavy atom. The van der Waals surface area contributed by atoms with Gasteiger partial charge in [-0.25, -0.2) is 0 Å². The van der Waals surface area contributed by atoms with E-state index in [9.17, 15) is 0 Å². The minimum Gasteiger partial charge on any atom is -0.373 e. The van der Waals surface area contributed by atoms with E-state index < -0.39 is 0 Å². The van der Waals surface area contributed by atoms with Crippen molar-refractivity contribution in [1.29, 1.82) is 0 Å². The summed E-state index contributed by atoms with van der Waals surface area (Å²) in [5.74, 6) is 0.991. The molecule has 3 rings (SSSR count). The van der Waals surface area contributed by atoms with Gasteiger partial charge >= 0.3 is 0 Å². The Balaban J connectivity index is 1.67. The number of rotatable bonds is 3. The normalized spacial score (nSPS) is 31.4. The molecular formula is C17H32N4O. The molecule has 0 radical (unpaired) electrons. The zero-order valence-corrected chi connectivity index (χ0v) is 14.5. The molecule has 3 aliphatic rings. The average Bonchev–Trinajstić information content (AvgIpc) is 2.91. The Morgan fingerprint density at radius 1 is 1.32 bits per heavy atom. The molecule has 0 amide bonds. The molecule has 5 nitrogen and oxygen atoms in total. The second-order valence-corrected chi connectivity index (χ2v) is 7.90. The predicted octanol–water partition coefficient (Wildman–Crippen LogP) is 1.74. The van der Waals surface area contributed by atoms with Gasteiger partial charge in [-0.15, -0.1) is 0 Å². The number of nitrogens with zero attached hydrogens (tertiary/aromatic N) is 2. The van der Waals surface area contributed by atoms with Gasteiger partial charge in [-0.1, -0.05) is 19.3 Å². The lowest BCUT2D eigenvalue weighted by Gasteiger charge is -2.51. The summed E-state index contributed by atoms with van der Waals surface area (Å²) in [4.78, 5) is 7.25. The fraction of sp³-hybridized carbons (Fsp3) is 0.941. The maximum absolute atomic E-state index is 5.93. The van der Waals surface area contributed by atoms with Crippen LogP contribution < -0.4 is 10.6 Å². The van der Waals surface area contributed by atoms with Crippen molar-refractivity contribution in [3.63, 3.8) is 0 Å². The summed E-state index contributed by atoms with van der Waals surface area (Å²) in [5.41, 5.74) is 0.246. The van der Waals surface area contributed by atoms with Crippen LogP contribution in [0.15, 0.2) is 4.99 Å². The summed E-state index contributed by atoms with van der Waals surface area (Å²) >= 11 is 0. The highest BCUT2D eigenvalue weighted by Crippen LogP contribution is 2.36. The highest BCUT2D eigenvalue weighted by atomic mass is 16.5. The molecule has 0 aromatic heterocycles. The van der Waals surface area contributed by atoms with Gasteiger partial charge in [-0.05, 0) is 33.6 Å². The Labute approximate surface area is 134 Å². The Kier molecular flexibility index (Phi) is 4.64. The van der Waals surface area contributed by atoms with Crippen molar-refractivity contribution in [2.75, 3.05) is 32.8 Å². The summed E-state index contributed by atoms with van der Waals surface area (Å²) in [6, 6.07) is 0.465. The highest BCUT2D eigenvalue weighted by molar-refractivity contribution is 5.81. The maximum Gasteiger partial charge on any atom is 0.191 e. The first-order chi connectivity index (χ1) is 10.5. The van der Waals surface area contributed by atoms with E-state index in [1.54, 1.807) is 0 Å². The highest BCUT2D eigenvalue weighted by Gasteiger charge is 2.42. The molecule has 0 bridgehead atoms. The third-order valence-corrected chi connectivity index (χ3v) is 5.37.